The summed E-state index contributed by atoms with van der Waals surface area (Å²) in [5.74, 6) is 0.288. The van der Waals surface area contributed by atoms with Gasteiger partial charge in [-0.1, -0.05) is 0 Å². The van der Waals surface area contributed by atoms with E-state index in [1.165, 1.54) is 6.20 Å². The Kier molecular flexibility index (Phi) is 5.70. The van der Waals surface area contributed by atoms with E-state index in [9.17, 15) is 15.0 Å². The van der Waals surface area contributed by atoms with Crippen LogP contribution in [0.5, 0.6) is 0 Å². The molecule has 3 rings (SSSR count). The van der Waals surface area contributed by atoms with Gasteiger partial charge in [-0.15, -0.1) is 0 Å². The molecule has 1 aromatic rings. The molecule has 2 fully saturated rings. The highest BCUT2D eigenvalue weighted by Gasteiger charge is 2.24. The average Bonchev–Trinajstić information content (AvgIpc) is 2.57. The topological polar surface area (TPSA) is 133 Å². The molecule has 1 aromatic heterocycles. The summed E-state index contributed by atoms with van der Waals surface area (Å²) in [6, 6.07) is 0.279. The first-order chi connectivity index (χ1) is 12.0. The number of rotatable bonds is 5. The lowest BCUT2D eigenvalue weighted by Crippen LogP contribution is -2.32. The van der Waals surface area contributed by atoms with Crippen molar-refractivity contribution in [1.29, 1.82) is 0 Å². The summed E-state index contributed by atoms with van der Waals surface area (Å²) < 4.78 is 0. The number of nitrogens with one attached hydrogen (secondary N) is 2. The molecule has 8 heteroatoms. The smallest absolute Gasteiger partial charge is 0.254 e. The van der Waals surface area contributed by atoms with Crippen LogP contribution >= 0.6 is 0 Å². The Labute approximate surface area is 147 Å². The number of aromatic nitrogens is 2. The Hall–Kier alpha value is -1.93. The Morgan fingerprint density at radius 1 is 1.04 bits per heavy atom. The van der Waals surface area contributed by atoms with Crippen molar-refractivity contribution in [3.8, 4) is 0 Å². The number of aliphatic hydroxyl groups is 2. The summed E-state index contributed by atoms with van der Waals surface area (Å²) in [5.41, 5.74) is 5.69. The standard InChI is InChI=1S/C17H27N5O3/c18-15(25)14-9-19-17(21-10-4-6-12(23)7-5-10)22-16(14)20-11-2-1-3-13(24)8-11/h9-13,23-24H,1-8H2,(H2,18,25)(H2,19,20,21,22)/t10?,11-,12?,13-/m1/s1. The minimum atomic E-state index is -0.578. The molecule has 0 spiro atoms. The molecular formula is C17H27N5O3. The zero-order valence-corrected chi connectivity index (χ0v) is 14.3. The van der Waals surface area contributed by atoms with Crippen LogP contribution in [0.2, 0.25) is 0 Å². The Balaban J connectivity index is 1.71. The van der Waals surface area contributed by atoms with Crippen molar-refractivity contribution in [2.45, 2.75) is 75.7 Å². The summed E-state index contributed by atoms with van der Waals surface area (Å²) in [6.07, 6.45) is 7.45. The molecular weight excluding hydrogens is 322 g/mol. The van der Waals surface area contributed by atoms with Crippen LogP contribution < -0.4 is 16.4 Å². The molecule has 0 aromatic carbocycles. The molecule has 25 heavy (non-hydrogen) atoms. The lowest BCUT2D eigenvalue weighted by Gasteiger charge is -2.28. The maximum absolute atomic E-state index is 11.7. The molecule has 0 radical (unpaired) electrons. The normalized spacial score (nSPS) is 29.8. The molecule has 138 valence electrons. The van der Waals surface area contributed by atoms with Gasteiger partial charge in [0.2, 0.25) is 5.95 Å². The van der Waals surface area contributed by atoms with Crippen molar-refractivity contribution < 1.29 is 15.0 Å². The van der Waals surface area contributed by atoms with Crippen molar-refractivity contribution >= 4 is 17.7 Å². The highest BCUT2D eigenvalue weighted by atomic mass is 16.3. The molecule has 0 saturated heterocycles. The van der Waals surface area contributed by atoms with E-state index in [0.717, 1.165) is 44.9 Å². The highest BCUT2D eigenvalue weighted by molar-refractivity contribution is 5.97. The number of amides is 1. The fourth-order valence-electron chi connectivity index (χ4n) is 3.63. The van der Waals surface area contributed by atoms with E-state index in [2.05, 4.69) is 20.6 Å². The number of carbonyl (C=O) groups excluding carboxylic acids is 1. The van der Waals surface area contributed by atoms with Crippen LogP contribution in [0.3, 0.4) is 0 Å². The Morgan fingerprint density at radius 2 is 1.80 bits per heavy atom. The van der Waals surface area contributed by atoms with Crippen LogP contribution in [0.25, 0.3) is 0 Å². The molecule has 0 bridgehead atoms. The van der Waals surface area contributed by atoms with Crippen LogP contribution in [-0.4, -0.2) is 50.4 Å². The summed E-state index contributed by atoms with van der Waals surface area (Å²) in [5, 5.41) is 26.0. The van der Waals surface area contributed by atoms with E-state index in [0.29, 0.717) is 18.2 Å². The lowest BCUT2D eigenvalue weighted by atomic mass is 9.93. The number of aliphatic hydroxyl groups excluding tert-OH is 2. The highest BCUT2D eigenvalue weighted by Crippen LogP contribution is 2.25. The number of nitrogens with zero attached hydrogens (tertiary/aromatic N) is 2. The molecule has 1 heterocycles. The quantitative estimate of drug-likeness (QED) is 0.535. The Bertz CT molecular complexity index is 604. The third-order valence-electron chi connectivity index (χ3n) is 5.07. The predicted octanol–water partition coefficient (Wildman–Crippen LogP) is 1.01. The SMILES string of the molecule is NC(=O)c1cnc(NC2CCC(O)CC2)nc1N[C@@H]1CCC[C@@H](O)C1. The van der Waals surface area contributed by atoms with E-state index in [1.54, 1.807) is 0 Å². The van der Waals surface area contributed by atoms with Crippen molar-refractivity contribution in [2.75, 3.05) is 10.6 Å². The van der Waals surface area contributed by atoms with E-state index >= 15 is 0 Å². The van der Waals surface area contributed by atoms with Crippen LogP contribution in [0.1, 0.15) is 61.7 Å². The number of anilines is 2. The summed E-state index contributed by atoms with van der Waals surface area (Å²) in [6.45, 7) is 0. The molecule has 6 N–H and O–H groups in total. The molecule has 2 saturated carbocycles. The molecule has 2 aliphatic carbocycles. The average molecular weight is 349 g/mol. The van der Waals surface area contributed by atoms with Gasteiger partial charge in [-0.25, -0.2) is 4.98 Å². The second kappa shape index (κ2) is 7.97. The van der Waals surface area contributed by atoms with Gasteiger partial charge < -0.3 is 26.6 Å². The van der Waals surface area contributed by atoms with Gasteiger partial charge >= 0.3 is 0 Å². The van der Waals surface area contributed by atoms with Crippen molar-refractivity contribution in [1.82, 2.24) is 9.97 Å². The molecule has 2 atom stereocenters. The van der Waals surface area contributed by atoms with Crippen LogP contribution in [0.15, 0.2) is 6.20 Å². The van der Waals surface area contributed by atoms with E-state index in [1.807, 2.05) is 0 Å². The first kappa shape index (κ1) is 17.9. The van der Waals surface area contributed by atoms with Gasteiger partial charge in [0, 0.05) is 18.3 Å². The minimum Gasteiger partial charge on any atom is -0.393 e. The fraction of sp³-hybridized carbons (Fsp3) is 0.706. The van der Waals surface area contributed by atoms with E-state index < -0.39 is 5.91 Å². The number of nitrogens with two attached hydrogens (primary N) is 1. The van der Waals surface area contributed by atoms with Crippen molar-refractivity contribution in [3.63, 3.8) is 0 Å². The summed E-state index contributed by atoms with van der Waals surface area (Å²) >= 11 is 0. The van der Waals surface area contributed by atoms with Crippen LogP contribution in [-0.2, 0) is 0 Å². The summed E-state index contributed by atoms with van der Waals surface area (Å²) in [4.78, 5) is 20.3. The van der Waals surface area contributed by atoms with Crippen LogP contribution in [0.4, 0.5) is 11.8 Å². The van der Waals surface area contributed by atoms with Crippen LogP contribution in [0, 0.1) is 0 Å². The van der Waals surface area contributed by atoms with E-state index in [-0.39, 0.29) is 29.9 Å². The number of carbonyl (C=O) groups is 1. The second-order valence-electron chi connectivity index (χ2n) is 7.13. The minimum absolute atomic E-state index is 0.0643. The maximum atomic E-state index is 11.7. The molecule has 2 aliphatic rings. The third kappa shape index (κ3) is 4.79. The molecule has 8 nitrogen and oxygen atoms in total. The molecule has 0 unspecified atom stereocenters. The first-order valence-corrected chi connectivity index (χ1v) is 9.07. The number of hydrogen-bond acceptors (Lipinski definition) is 7. The Morgan fingerprint density at radius 3 is 2.48 bits per heavy atom. The van der Waals surface area contributed by atoms with Gasteiger partial charge in [0.05, 0.1) is 17.8 Å². The van der Waals surface area contributed by atoms with Gasteiger partial charge in [-0.3, -0.25) is 4.79 Å². The zero-order valence-electron chi connectivity index (χ0n) is 14.3. The van der Waals surface area contributed by atoms with Gasteiger partial charge in [0.15, 0.2) is 0 Å². The lowest BCUT2D eigenvalue weighted by molar-refractivity contribution is 0.1000. The summed E-state index contributed by atoms with van der Waals surface area (Å²) in [7, 11) is 0. The van der Waals surface area contributed by atoms with E-state index in [4.69, 9.17) is 5.73 Å². The first-order valence-electron chi connectivity index (χ1n) is 9.07. The molecule has 0 aliphatic heterocycles. The fourth-order valence-corrected chi connectivity index (χ4v) is 3.63. The van der Waals surface area contributed by atoms with Crippen molar-refractivity contribution in [3.05, 3.63) is 11.8 Å². The van der Waals surface area contributed by atoms with Crippen molar-refractivity contribution in [2.24, 2.45) is 5.73 Å². The number of primary amides is 1. The molecule has 1 amide bonds. The van der Waals surface area contributed by atoms with Gasteiger partial charge in [-0.05, 0) is 51.4 Å². The number of hydrogen-bond donors (Lipinski definition) is 5. The monoisotopic (exact) mass is 349 g/mol. The maximum Gasteiger partial charge on any atom is 0.254 e. The van der Waals surface area contributed by atoms with Gasteiger partial charge in [0.1, 0.15) is 5.82 Å². The van der Waals surface area contributed by atoms with Gasteiger partial charge in [0.25, 0.3) is 5.91 Å². The zero-order chi connectivity index (χ0) is 17.8. The largest absolute Gasteiger partial charge is 0.393 e. The van der Waals surface area contributed by atoms with Gasteiger partial charge in [-0.2, -0.15) is 4.98 Å². The predicted molar refractivity (Wildman–Crippen MR) is 94.3 cm³/mol. The second-order valence-corrected chi connectivity index (χ2v) is 7.13. The third-order valence-corrected chi connectivity index (χ3v) is 5.07.